The van der Waals surface area contributed by atoms with Gasteiger partial charge in [0.1, 0.15) is 11.6 Å². The normalized spacial score (nSPS) is 12.2. The van der Waals surface area contributed by atoms with Gasteiger partial charge in [0.2, 0.25) is 0 Å². The fraction of sp³-hybridized carbons (Fsp3) is 0.333. The van der Waals surface area contributed by atoms with Crippen LogP contribution in [0.15, 0.2) is 54.6 Å². The van der Waals surface area contributed by atoms with Crippen LogP contribution >= 0.6 is 0 Å². The predicted octanol–water partition coefficient (Wildman–Crippen LogP) is 8.18. The van der Waals surface area contributed by atoms with Gasteiger partial charge in [-0.05, 0) is 52.8 Å². The number of fused-ring (bicyclic) bond motifs is 3. The number of benzene rings is 3. The minimum Gasteiger partial charge on any atom is -0.435 e. The van der Waals surface area contributed by atoms with Crippen LogP contribution in [0.1, 0.15) is 55.7 Å². The molecule has 0 bridgehead atoms. The first kappa shape index (κ1) is 21.5. The highest BCUT2D eigenvalue weighted by molar-refractivity contribution is 5.81. The molecule has 0 heterocycles. The maximum absolute atomic E-state index is 15.4. The molecule has 3 aromatic carbocycles. The average molecular weight is 425 g/mol. The van der Waals surface area contributed by atoms with Gasteiger partial charge < -0.3 is 4.74 Å². The summed E-state index contributed by atoms with van der Waals surface area (Å²) in [6, 6.07) is 16.4. The highest BCUT2D eigenvalue weighted by atomic mass is 19.3. The van der Waals surface area contributed by atoms with Crippen molar-refractivity contribution in [2.45, 2.75) is 58.5 Å². The molecule has 0 aromatic heterocycles. The Kier molecular flexibility index (Phi) is 6.64. The standard InChI is InChI=1S/C27H27F3O/c1-2-3-4-5-6-7-18-8-13-22-20(16-18)17-25-24(22)15-14-23(26(25)28)19-9-11-21(12-10-19)31-27(29)30/h8-16,27H,2-7,17H2,1H3. The highest BCUT2D eigenvalue weighted by Crippen LogP contribution is 2.41. The topological polar surface area (TPSA) is 9.23 Å². The molecule has 4 heteroatoms. The third-order valence-corrected chi connectivity index (χ3v) is 6.03. The summed E-state index contributed by atoms with van der Waals surface area (Å²) in [6.45, 7) is -0.651. The van der Waals surface area contributed by atoms with Crippen LogP contribution in [-0.4, -0.2) is 6.61 Å². The van der Waals surface area contributed by atoms with E-state index in [2.05, 4.69) is 29.9 Å². The number of alkyl halides is 2. The van der Waals surface area contributed by atoms with E-state index in [-0.39, 0.29) is 11.6 Å². The number of aryl methyl sites for hydroxylation is 1. The fourth-order valence-corrected chi connectivity index (χ4v) is 4.42. The van der Waals surface area contributed by atoms with E-state index in [1.807, 2.05) is 6.07 Å². The Hall–Kier alpha value is -2.75. The minimum absolute atomic E-state index is 0.0648. The monoisotopic (exact) mass is 424 g/mol. The first-order chi connectivity index (χ1) is 15.1. The van der Waals surface area contributed by atoms with Crippen LogP contribution in [0.5, 0.6) is 5.75 Å². The van der Waals surface area contributed by atoms with E-state index in [0.29, 0.717) is 23.1 Å². The molecule has 0 unspecified atom stereocenters. The van der Waals surface area contributed by atoms with Crippen molar-refractivity contribution in [1.29, 1.82) is 0 Å². The van der Waals surface area contributed by atoms with Crippen LogP contribution in [0.25, 0.3) is 22.3 Å². The zero-order valence-corrected chi connectivity index (χ0v) is 17.8. The van der Waals surface area contributed by atoms with E-state index in [4.69, 9.17) is 0 Å². The zero-order valence-electron chi connectivity index (χ0n) is 17.8. The average Bonchev–Trinajstić information content (AvgIpc) is 3.13. The lowest BCUT2D eigenvalue weighted by Gasteiger charge is -2.10. The van der Waals surface area contributed by atoms with Gasteiger partial charge in [-0.15, -0.1) is 0 Å². The second-order valence-corrected chi connectivity index (χ2v) is 8.19. The van der Waals surface area contributed by atoms with E-state index in [1.54, 1.807) is 18.2 Å². The molecule has 0 radical (unpaired) electrons. The number of unbranched alkanes of at least 4 members (excludes halogenated alkanes) is 4. The van der Waals surface area contributed by atoms with Crippen LogP contribution in [0.3, 0.4) is 0 Å². The maximum atomic E-state index is 15.4. The second kappa shape index (κ2) is 9.59. The molecule has 0 amide bonds. The zero-order chi connectivity index (χ0) is 21.8. The van der Waals surface area contributed by atoms with Gasteiger partial charge in [0.15, 0.2) is 0 Å². The van der Waals surface area contributed by atoms with Gasteiger partial charge in [-0.2, -0.15) is 8.78 Å². The van der Waals surface area contributed by atoms with Crippen molar-refractivity contribution in [3.05, 3.63) is 77.1 Å². The largest absolute Gasteiger partial charge is 0.435 e. The lowest BCUT2D eigenvalue weighted by Crippen LogP contribution is -2.01. The molecule has 0 N–H and O–H groups in total. The van der Waals surface area contributed by atoms with Crippen LogP contribution in [0.2, 0.25) is 0 Å². The first-order valence-corrected chi connectivity index (χ1v) is 11.1. The van der Waals surface area contributed by atoms with Gasteiger partial charge in [0.05, 0.1) is 0 Å². The Morgan fingerprint density at radius 1 is 0.839 bits per heavy atom. The Balaban J connectivity index is 1.51. The molecule has 0 atom stereocenters. The molecule has 0 fully saturated rings. The van der Waals surface area contributed by atoms with Gasteiger partial charge in [-0.3, -0.25) is 0 Å². The van der Waals surface area contributed by atoms with Crippen molar-refractivity contribution in [1.82, 2.24) is 0 Å². The van der Waals surface area contributed by atoms with Crippen LogP contribution in [0.4, 0.5) is 13.2 Å². The van der Waals surface area contributed by atoms with Crippen molar-refractivity contribution in [2.24, 2.45) is 0 Å². The SMILES string of the molecule is CCCCCCCc1ccc2c(c1)Cc1c-2ccc(-c2ccc(OC(F)F)cc2)c1F. The van der Waals surface area contributed by atoms with E-state index < -0.39 is 6.61 Å². The maximum Gasteiger partial charge on any atom is 0.387 e. The molecule has 3 aromatic rings. The molecular weight excluding hydrogens is 397 g/mol. The lowest BCUT2D eigenvalue weighted by molar-refractivity contribution is -0.0498. The third kappa shape index (κ3) is 4.79. The summed E-state index contributed by atoms with van der Waals surface area (Å²) in [5.41, 5.74) is 6.38. The minimum atomic E-state index is -2.87. The summed E-state index contributed by atoms with van der Waals surface area (Å²) < 4.78 is 44.5. The van der Waals surface area contributed by atoms with Crippen LogP contribution in [0, 0.1) is 5.82 Å². The van der Waals surface area contributed by atoms with Crippen LogP contribution in [-0.2, 0) is 12.8 Å². The van der Waals surface area contributed by atoms with Crippen molar-refractivity contribution >= 4 is 0 Å². The van der Waals surface area contributed by atoms with Gasteiger partial charge in [-0.1, -0.05) is 75.1 Å². The number of ether oxygens (including phenoxy) is 1. The predicted molar refractivity (Wildman–Crippen MR) is 119 cm³/mol. The highest BCUT2D eigenvalue weighted by Gasteiger charge is 2.24. The molecule has 1 aliphatic rings. The number of hydrogen-bond donors (Lipinski definition) is 0. The van der Waals surface area contributed by atoms with Crippen molar-refractivity contribution in [2.75, 3.05) is 0 Å². The Morgan fingerprint density at radius 2 is 1.55 bits per heavy atom. The van der Waals surface area contributed by atoms with Gasteiger partial charge in [-0.25, -0.2) is 4.39 Å². The number of hydrogen-bond acceptors (Lipinski definition) is 1. The second-order valence-electron chi connectivity index (χ2n) is 8.19. The molecular formula is C27H27F3O. The number of halogens is 3. The smallest absolute Gasteiger partial charge is 0.387 e. The van der Waals surface area contributed by atoms with Gasteiger partial charge in [0.25, 0.3) is 0 Å². The summed E-state index contributed by atoms with van der Waals surface area (Å²) in [7, 11) is 0. The lowest BCUT2D eigenvalue weighted by atomic mass is 9.97. The van der Waals surface area contributed by atoms with Crippen molar-refractivity contribution in [3.63, 3.8) is 0 Å². The van der Waals surface area contributed by atoms with E-state index in [9.17, 15) is 8.78 Å². The van der Waals surface area contributed by atoms with E-state index >= 15 is 4.39 Å². The fourth-order valence-electron chi connectivity index (χ4n) is 4.42. The molecule has 1 nitrogen and oxygen atoms in total. The van der Waals surface area contributed by atoms with E-state index in [1.165, 1.54) is 55.4 Å². The van der Waals surface area contributed by atoms with Crippen molar-refractivity contribution in [3.8, 4) is 28.0 Å². The Morgan fingerprint density at radius 3 is 2.29 bits per heavy atom. The quantitative estimate of drug-likeness (QED) is 0.246. The molecule has 0 saturated heterocycles. The summed E-state index contributed by atoms with van der Waals surface area (Å²) in [4.78, 5) is 0. The summed E-state index contributed by atoms with van der Waals surface area (Å²) in [5, 5.41) is 0. The molecule has 0 saturated carbocycles. The van der Waals surface area contributed by atoms with Crippen LogP contribution < -0.4 is 4.74 Å². The molecule has 1 aliphatic carbocycles. The molecule has 0 aliphatic heterocycles. The summed E-state index contributed by atoms with van der Waals surface area (Å²) in [5.74, 6) is -0.174. The summed E-state index contributed by atoms with van der Waals surface area (Å²) >= 11 is 0. The Labute approximate surface area is 181 Å². The number of rotatable bonds is 9. The molecule has 31 heavy (non-hydrogen) atoms. The third-order valence-electron chi connectivity index (χ3n) is 6.03. The first-order valence-electron chi connectivity index (χ1n) is 11.1. The van der Waals surface area contributed by atoms with Gasteiger partial charge >= 0.3 is 6.61 Å². The molecule has 0 spiro atoms. The molecule has 4 rings (SSSR count). The van der Waals surface area contributed by atoms with Crippen molar-refractivity contribution < 1.29 is 17.9 Å². The molecule has 162 valence electrons. The summed E-state index contributed by atoms with van der Waals surface area (Å²) in [6.07, 6.45) is 7.92. The Bertz CT molecular complexity index is 1040. The van der Waals surface area contributed by atoms with E-state index in [0.717, 1.165) is 17.5 Å². The van der Waals surface area contributed by atoms with Gasteiger partial charge in [0, 0.05) is 17.5 Å².